The molecular formula is C13H21BrIN3O. The van der Waals surface area contributed by atoms with E-state index in [-0.39, 0.29) is 24.0 Å². The Kier molecular flexibility index (Phi) is 9.16. The summed E-state index contributed by atoms with van der Waals surface area (Å²) in [6.07, 6.45) is 1.88. The van der Waals surface area contributed by atoms with Crippen LogP contribution >= 0.6 is 39.9 Å². The minimum Gasteiger partial charge on any atom is -0.496 e. The van der Waals surface area contributed by atoms with Crippen molar-refractivity contribution < 1.29 is 4.74 Å². The highest BCUT2D eigenvalue weighted by atomic mass is 127. The van der Waals surface area contributed by atoms with E-state index >= 15 is 0 Å². The van der Waals surface area contributed by atoms with E-state index in [1.807, 2.05) is 26.2 Å². The van der Waals surface area contributed by atoms with Crippen LogP contribution in [0.5, 0.6) is 5.75 Å². The molecule has 0 fully saturated rings. The number of guanidine groups is 1. The van der Waals surface area contributed by atoms with Crippen molar-refractivity contribution in [3.63, 3.8) is 0 Å². The van der Waals surface area contributed by atoms with Gasteiger partial charge < -0.3 is 15.4 Å². The van der Waals surface area contributed by atoms with Crippen LogP contribution in [0.25, 0.3) is 0 Å². The fourth-order valence-electron chi connectivity index (χ4n) is 1.53. The zero-order valence-corrected chi connectivity index (χ0v) is 15.4. The summed E-state index contributed by atoms with van der Waals surface area (Å²) in [5.41, 5.74) is 6.91. The fraction of sp³-hybridized carbons (Fsp3) is 0.462. The summed E-state index contributed by atoms with van der Waals surface area (Å²) in [6.45, 7) is 0.725. The Morgan fingerprint density at radius 3 is 2.68 bits per heavy atom. The smallest absolute Gasteiger partial charge is 0.190 e. The molecule has 108 valence electrons. The minimum absolute atomic E-state index is 0. The van der Waals surface area contributed by atoms with E-state index in [1.54, 1.807) is 12.0 Å². The summed E-state index contributed by atoms with van der Waals surface area (Å²) in [7, 11) is 5.46. The molecule has 0 unspecified atom stereocenters. The first-order valence-electron chi connectivity index (χ1n) is 5.84. The third kappa shape index (κ3) is 6.47. The number of aliphatic imine (C=N–C) groups is 1. The Morgan fingerprint density at radius 1 is 1.42 bits per heavy atom. The number of nitrogens with zero attached hydrogens (tertiary/aromatic N) is 2. The monoisotopic (exact) mass is 441 g/mol. The van der Waals surface area contributed by atoms with Gasteiger partial charge in [0.15, 0.2) is 5.96 Å². The average Bonchev–Trinajstić information content (AvgIpc) is 2.35. The lowest BCUT2D eigenvalue weighted by Crippen LogP contribution is -2.30. The van der Waals surface area contributed by atoms with Crippen molar-refractivity contribution in [3.8, 4) is 5.75 Å². The highest BCUT2D eigenvalue weighted by Gasteiger charge is 2.03. The van der Waals surface area contributed by atoms with Gasteiger partial charge in [-0.1, -0.05) is 22.0 Å². The van der Waals surface area contributed by atoms with Crippen molar-refractivity contribution in [2.24, 2.45) is 10.7 Å². The number of methoxy groups -OCH3 is 1. The first-order valence-corrected chi connectivity index (χ1v) is 6.63. The van der Waals surface area contributed by atoms with Crippen LogP contribution in [-0.2, 0) is 6.42 Å². The van der Waals surface area contributed by atoms with E-state index in [4.69, 9.17) is 10.5 Å². The van der Waals surface area contributed by atoms with Gasteiger partial charge in [-0.05, 0) is 30.5 Å². The van der Waals surface area contributed by atoms with Crippen LogP contribution in [0.2, 0.25) is 0 Å². The molecule has 0 heterocycles. The number of aryl methyl sites for hydroxylation is 1. The molecule has 6 heteroatoms. The Labute approximate surface area is 140 Å². The number of halogens is 2. The molecule has 0 aromatic heterocycles. The summed E-state index contributed by atoms with van der Waals surface area (Å²) < 4.78 is 6.37. The largest absolute Gasteiger partial charge is 0.496 e. The van der Waals surface area contributed by atoms with Gasteiger partial charge >= 0.3 is 0 Å². The van der Waals surface area contributed by atoms with Gasteiger partial charge in [0, 0.05) is 25.1 Å². The quantitative estimate of drug-likeness (QED) is 0.331. The Bertz CT molecular complexity index is 424. The molecule has 0 radical (unpaired) electrons. The zero-order chi connectivity index (χ0) is 13.5. The molecule has 0 saturated heterocycles. The van der Waals surface area contributed by atoms with Crippen molar-refractivity contribution in [3.05, 3.63) is 28.2 Å². The van der Waals surface area contributed by atoms with Crippen LogP contribution in [-0.4, -0.2) is 38.6 Å². The van der Waals surface area contributed by atoms with Crippen molar-refractivity contribution in [2.75, 3.05) is 27.7 Å². The predicted molar refractivity (Wildman–Crippen MR) is 94.6 cm³/mol. The van der Waals surface area contributed by atoms with Gasteiger partial charge in [-0.3, -0.25) is 4.99 Å². The SMILES string of the molecule is COc1cc(Br)ccc1CCCN=C(N)N(C)C.I. The van der Waals surface area contributed by atoms with Crippen molar-refractivity contribution >= 4 is 45.9 Å². The lowest BCUT2D eigenvalue weighted by atomic mass is 10.1. The molecule has 0 atom stereocenters. The first-order chi connectivity index (χ1) is 8.54. The topological polar surface area (TPSA) is 50.9 Å². The first kappa shape index (κ1) is 18.5. The number of ether oxygens (including phenoxy) is 1. The molecule has 19 heavy (non-hydrogen) atoms. The summed E-state index contributed by atoms with van der Waals surface area (Å²) in [6, 6.07) is 6.07. The second-order valence-electron chi connectivity index (χ2n) is 4.19. The summed E-state index contributed by atoms with van der Waals surface area (Å²) in [4.78, 5) is 6.09. The second-order valence-corrected chi connectivity index (χ2v) is 5.11. The molecule has 0 aliphatic rings. The van der Waals surface area contributed by atoms with E-state index in [1.165, 1.54) is 5.56 Å². The van der Waals surface area contributed by atoms with E-state index in [9.17, 15) is 0 Å². The van der Waals surface area contributed by atoms with Crippen LogP contribution in [0.3, 0.4) is 0 Å². The second kappa shape index (κ2) is 9.41. The Hall–Kier alpha value is -0.500. The minimum atomic E-state index is 0. The van der Waals surface area contributed by atoms with Gasteiger partial charge in [0.05, 0.1) is 7.11 Å². The van der Waals surface area contributed by atoms with Crippen LogP contribution < -0.4 is 10.5 Å². The molecular weight excluding hydrogens is 421 g/mol. The zero-order valence-electron chi connectivity index (χ0n) is 11.5. The Balaban J connectivity index is 0.00000324. The van der Waals surface area contributed by atoms with Gasteiger partial charge in [0.2, 0.25) is 0 Å². The van der Waals surface area contributed by atoms with Gasteiger partial charge in [0.25, 0.3) is 0 Å². The third-order valence-corrected chi connectivity index (χ3v) is 3.08. The summed E-state index contributed by atoms with van der Waals surface area (Å²) in [5, 5.41) is 0. The standard InChI is InChI=1S/C13H20BrN3O.HI/c1-17(2)13(15)16-8-4-5-10-6-7-11(14)9-12(10)18-3;/h6-7,9H,4-5,8H2,1-3H3,(H2,15,16);1H. The van der Waals surface area contributed by atoms with Gasteiger partial charge in [-0.15, -0.1) is 24.0 Å². The van der Waals surface area contributed by atoms with Crippen LogP contribution in [0.15, 0.2) is 27.7 Å². The molecule has 0 aliphatic heterocycles. The molecule has 2 N–H and O–H groups in total. The molecule has 1 aromatic carbocycles. The molecule has 0 spiro atoms. The normalized spacial score (nSPS) is 10.8. The molecule has 1 aromatic rings. The van der Waals surface area contributed by atoms with Gasteiger partial charge in [-0.25, -0.2) is 0 Å². The number of rotatable bonds is 5. The molecule has 1 rings (SSSR count). The van der Waals surface area contributed by atoms with Gasteiger partial charge in [0.1, 0.15) is 5.75 Å². The lowest BCUT2D eigenvalue weighted by molar-refractivity contribution is 0.409. The maximum atomic E-state index is 5.72. The molecule has 0 aliphatic carbocycles. The number of nitrogens with two attached hydrogens (primary N) is 1. The molecule has 0 amide bonds. The fourth-order valence-corrected chi connectivity index (χ4v) is 1.87. The van der Waals surface area contributed by atoms with Crippen LogP contribution in [0.1, 0.15) is 12.0 Å². The van der Waals surface area contributed by atoms with E-state index in [2.05, 4.69) is 27.0 Å². The summed E-state index contributed by atoms with van der Waals surface area (Å²) in [5.74, 6) is 1.48. The van der Waals surface area contributed by atoms with E-state index < -0.39 is 0 Å². The molecule has 0 saturated carbocycles. The van der Waals surface area contributed by atoms with Crippen molar-refractivity contribution in [1.82, 2.24) is 4.90 Å². The highest BCUT2D eigenvalue weighted by Crippen LogP contribution is 2.24. The molecule has 4 nitrogen and oxygen atoms in total. The van der Waals surface area contributed by atoms with Crippen LogP contribution in [0, 0.1) is 0 Å². The van der Waals surface area contributed by atoms with E-state index in [0.717, 1.165) is 29.6 Å². The molecule has 0 bridgehead atoms. The predicted octanol–water partition coefficient (Wildman–Crippen LogP) is 2.88. The van der Waals surface area contributed by atoms with Crippen LogP contribution in [0.4, 0.5) is 0 Å². The van der Waals surface area contributed by atoms with Gasteiger partial charge in [-0.2, -0.15) is 0 Å². The van der Waals surface area contributed by atoms with Crippen molar-refractivity contribution in [2.45, 2.75) is 12.8 Å². The maximum absolute atomic E-state index is 5.72. The lowest BCUT2D eigenvalue weighted by Gasteiger charge is -2.11. The highest BCUT2D eigenvalue weighted by molar-refractivity contribution is 14.0. The number of hydrogen-bond acceptors (Lipinski definition) is 2. The number of benzene rings is 1. The average molecular weight is 442 g/mol. The third-order valence-electron chi connectivity index (χ3n) is 2.59. The Morgan fingerprint density at radius 2 is 2.11 bits per heavy atom. The summed E-state index contributed by atoms with van der Waals surface area (Å²) >= 11 is 3.43. The maximum Gasteiger partial charge on any atom is 0.190 e. The van der Waals surface area contributed by atoms with E-state index in [0.29, 0.717) is 5.96 Å². The number of hydrogen-bond donors (Lipinski definition) is 1. The van der Waals surface area contributed by atoms with Crippen molar-refractivity contribution in [1.29, 1.82) is 0 Å².